The monoisotopic (exact) mass is 436 g/mol. The van der Waals surface area contributed by atoms with Crippen molar-refractivity contribution in [3.05, 3.63) is 75.5 Å². The predicted molar refractivity (Wildman–Crippen MR) is 125 cm³/mol. The Kier molecular flexibility index (Phi) is 6.37. The molecule has 7 heteroatoms. The average Bonchev–Trinajstić information content (AvgIpc) is 2.78. The molecule has 1 aliphatic rings. The minimum absolute atomic E-state index is 0.177. The third-order valence-corrected chi connectivity index (χ3v) is 5.91. The highest BCUT2D eigenvalue weighted by Crippen LogP contribution is 2.24. The number of aryl methyl sites for hydroxylation is 1. The van der Waals surface area contributed by atoms with Gasteiger partial charge in [-0.3, -0.25) is 9.59 Å². The average molecular weight is 437 g/mol. The van der Waals surface area contributed by atoms with E-state index in [4.69, 9.17) is 11.6 Å². The van der Waals surface area contributed by atoms with E-state index < -0.39 is 0 Å². The van der Waals surface area contributed by atoms with E-state index in [1.54, 1.807) is 18.2 Å². The molecule has 2 heterocycles. The minimum Gasteiger partial charge on any atom is -0.372 e. The molecule has 0 atom stereocenters. The summed E-state index contributed by atoms with van der Waals surface area (Å²) in [6.07, 6.45) is 3.75. The quantitative estimate of drug-likeness (QED) is 0.639. The minimum atomic E-state index is -0.341. The van der Waals surface area contributed by atoms with Gasteiger partial charge in [0, 0.05) is 41.1 Å². The predicted octanol–water partition coefficient (Wildman–Crippen LogP) is 4.50. The molecular formula is C24H25ClN4O2. The van der Waals surface area contributed by atoms with Crippen molar-refractivity contribution in [3.63, 3.8) is 0 Å². The van der Waals surface area contributed by atoms with Crippen LogP contribution in [0.25, 0.3) is 11.3 Å². The van der Waals surface area contributed by atoms with Crippen LogP contribution < -0.4 is 15.8 Å². The van der Waals surface area contributed by atoms with Crippen LogP contribution in [0.15, 0.2) is 59.4 Å². The number of hydrogen-bond donors (Lipinski definition) is 1. The second-order valence-corrected chi connectivity index (χ2v) is 8.23. The molecule has 2 aromatic carbocycles. The first-order valence-corrected chi connectivity index (χ1v) is 10.9. The number of nitrogens with zero attached hydrogens (tertiary/aromatic N) is 3. The van der Waals surface area contributed by atoms with E-state index in [1.807, 2.05) is 25.1 Å². The lowest BCUT2D eigenvalue weighted by Gasteiger charge is -2.28. The summed E-state index contributed by atoms with van der Waals surface area (Å²) in [5.41, 5.74) is 3.93. The van der Waals surface area contributed by atoms with E-state index in [0.717, 1.165) is 24.2 Å². The van der Waals surface area contributed by atoms with Crippen LogP contribution in [-0.4, -0.2) is 28.8 Å². The molecule has 31 heavy (non-hydrogen) atoms. The van der Waals surface area contributed by atoms with E-state index in [2.05, 4.69) is 27.4 Å². The normalized spacial score (nSPS) is 13.8. The van der Waals surface area contributed by atoms with Gasteiger partial charge in [0.1, 0.15) is 6.54 Å². The number of nitrogens with one attached hydrogen (secondary N) is 1. The lowest BCUT2D eigenvalue weighted by atomic mass is 10.1. The molecule has 1 aliphatic heterocycles. The first-order chi connectivity index (χ1) is 15.0. The summed E-state index contributed by atoms with van der Waals surface area (Å²) < 4.78 is 1.18. The highest BCUT2D eigenvalue weighted by Gasteiger charge is 2.12. The fraction of sp³-hybridized carbons (Fsp3) is 0.292. The smallest absolute Gasteiger partial charge is 0.267 e. The van der Waals surface area contributed by atoms with Crippen LogP contribution in [-0.2, 0) is 11.3 Å². The highest BCUT2D eigenvalue weighted by molar-refractivity contribution is 6.31. The maximum atomic E-state index is 12.4. The second kappa shape index (κ2) is 9.35. The zero-order valence-corrected chi connectivity index (χ0v) is 18.2. The molecule has 3 aromatic rings. The number of anilines is 2. The molecule has 0 radical (unpaired) electrons. The fourth-order valence-electron chi connectivity index (χ4n) is 3.72. The lowest BCUT2D eigenvalue weighted by Crippen LogP contribution is -2.29. The highest BCUT2D eigenvalue weighted by atomic mass is 35.5. The summed E-state index contributed by atoms with van der Waals surface area (Å²) in [7, 11) is 0. The van der Waals surface area contributed by atoms with Crippen LogP contribution in [0, 0.1) is 6.92 Å². The van der Waals surface area contributed by atoms with Gasteiger partial charge in [0.2, 0.25) is 5.91 Å². The first kappa shape index (κ1) is 21.1. The number of amides is 1. The first-order valence-electron chi connectivity index (χ1n) is 10.5. The Morgan fingerprint density at radius 2 is 1.77 bits per heavy atom. The zero-order chi connectivity index (χ0) is 21.8. The molecule has 6 nitrogen and oxygen atoms in total. The summed E-state index contributed by atoms with van der Waals surface area (Å²) in [6.45, 7) is 3.89. The van der Waals surface area contributed by atoms with E-state index in [-0.39, 0.29) is 18.0 Å². The molecule has 1 amide bonds. The third-order valence-electron chi connectivity index (χ3n) is 5.50. The van der Waals surface area contributed by atoms with Gasteiger partial charge in [0.15, 0.2) is 0 Å². The van der Waals surface area contributed by atoms with Gasteiger partial charge >= 0.3 is 0 Å². The Bertz CT molecular complexity index is 1140. The third kappa shape index (κ3) is 5.14. The van der Waals surface area contributed by atoms with Crippen molar-refractivity contribution in [2.45, 2.75) is 32.7 Å². The Balaban J connectivity index is 1.48. The van der Waals surface area contributed by atoms with Crippen LogP contribution in [0.2, 0.25) is 5.02 Å². The Morgan fingerprint density at radius 1 is 1.03 bits per heavy atom. The molecule has 0 unspecified atom stereocenters. The number of benzene rings is 2. The van der Waals surface area contributed by atoms with Crippen molar-refractivity contribution in [1.29, 1.82) is 0 Å². The standard InChI is InChI=1S/C24H25ClN4O2/c1-17-5-8-19(15-21(17)25)26-23(30)16-29-24(31)12-11-22(27-29)18-6-9-20(10-7-18)28-13-3-2-4-14-28/h5-12,15H,2-4,13-14,16H2,1H3,(H,26,30). The summed E-state index contributed by atoms with van der Waals surface area (Å²) in [6, 6.07) is 16.6. The molecule has 0 bridgehead atoms. The maximum Gasteiger partial charge on any atom is 0.267 e. The number of hydrogen-bond acceptors (Lipinski definition) is 4. The van der Waals surface area contributed by atoms with Gasteiger partial charge in [-0.25, -0.2) is 4.68 Å². The Morgan fingerprint density at radius 3 is 2.48 bits per heavy atom. The molecule has 160 valence electrons. The van der Waals surface area contributed by atoms with E-state index in [1.165, 1.54) is 35.7 Å². The van der Waals surface area contributed by atoms with E-state index in [9.17, 15) is 9.59 Å². The molecule has 0 saturated carbocycles. The number of halogens is 1. The van der Waals surface area contributed by atoms with Gasteiger partial charge in [-0.05, 0) is 62.1 Å². The molecular weight excluding hydrogens is 412 g/mol. The Hall–Kier alpha value is -3.12. The summed E-state index contributed by atoms with van der Waals surface area (Å²) in [4.78, 5) is 27.1. The van der Waals surface area contributed by atoms with Crippen molar-refractivity contribution in [2.75, 3.05) is 23.3 Å². The van der Waals surface area contributed by atoms with Gasteiger partial charge in [-0.2, -0.15) is 5.10 Å². The second-order valence-electron chi connectivity index (χ2n) is 7.82. The Labute approximate surface area is 186 Å². The van der Waals surface area contributed by atoms with Gasteiger partial charge in [-0.15, -0.1) is 0 Å². The lowest BCUT2D eigenvalue weighted by molar-refractivity contribution is -0.117. The fourth-order valence-corrected chi connectivity index (χ4v) is 3.90. The number of piperidine rings is 1. The largest absolute Gasteiger partial charge is 0.372 e. The van der Waals surface area contributed by atoms with Gasteiger partial charge in [-0.1, -0.05) is 29.8 Å². The van der Waals surface area contributed by atoms with E-state index in [0.29, 0.717) is 16.4 Å². The van der Waals surface area contributed by atoms with Crippen LogP contribution >= 0.6 is 11.6 Å². The van der Waals surface area contributed by atoms with Gasteiger partial charge < -0.3 is 10.2 Å². The molecule has 1 aromatic heterocycles. The number of carbonyl (C=O) groups is 1. The molecule has 0 spiro atoms. The number of aromatic nitrogens is 2. The molecule has 4 rings (SSSR count). The van der Waals surface area contributed by atoms with Crippen molar-refractivity contribution in [1.82, 2.24) is 9.78 Å². The zero-order valence-electron chi connectivity index (χ0n) is 17.5. The molecule has 0 aliphatic carbocycles. The molecule has 1 saturated heterocycles. The topological polar surface area (TPSA) is 67.2 Å². The van der Waals surface area contributed by atoms with Crippen LogP contribution in [0.3, 0.4) is 0 Å². The van der Waals surface area contributed by atoms with Crippen LogP contribution in [0.4, 0.5) is 11.4 Å². The van der Waals surface area contributed by atoms with Crippen molar-refractivity contribution in [3.8, 4) is 11.3 Å². The summed E-state index contributed by atoms with van der Waals surface area (Å²) in [5.74, 6) is -0.341. The van der Waals surface area contributed by atoms with Crippen LogP contribution in [0.5, 0.6) is 0 Å². The summed E-state index contributed by atoms with van der Waals surface area (Å²) in [5, 5.41) is 7.73. The molecule has 1 fully saturated rings. The number of carbonyl (C=O) groups excluding carboxylic acids is 1. The van der Waals surface area contributed by atoms with Gasteiger partial charge in [0.05, 0.1) is 5.69 Å². The van der Waals surface area contributed by atoms with Gasteiger partial charge in [0.25, 0.3) is 5.56 Å². The van der Waals surface area contributed by atoms with Crippen molar-refractivity contribution in [2.24, 2.45) is 0 Å². The van der Waals surface area contributed by atoms with Crippen LogP contribution in [0.1, 0.15) is 24.8 Å². The molecule has 1 N–H and O–H groups in total. The van der Waals surface area contributed by atoms with Crippen molar-refractivity contribution < 1.29 is 4.79 Å². The van der Waals surface area contributed by atoms with E-state index >= 15 is 0 Å². The number of rotatable bonds is 5. The summed E-state index contributed by atoms with van der Waals surface area (Å²) >= 11 is 6.11. The maximum absolute atomic E-state index is 12.4. The van der Waals surface area contributed by atoms with Crippen molar-refractivity contribution >= 4 is 28.9 Å². The SMILES string of the molecule is Cc1ccc(NC(=O)Cn2nc(-c3ccc(N4CCCCC4)cc3)ccc2=O)cc1Cl.